The fraction of sp³-hybridized carbons (Fsp3) is 0.778. The van der Waals surface area contributed by atoms with Crippen molar-refractivity contribution in [2.45, 2.75) is 69.1 Å². The highest BCUT2D eigenvalue weighted by atomic mass is 19.3. The average molecular weight is 414 g/mol. The number of likely N-dealkylation sites (tertiary alicyclic amines) is 1. The number of carbonyl (C=O) groups is 3. The van der Waals surface area contributed by atoms with Crippen LogP contribution in [0.4, 0.5) is 18.4 Å². The third-order valence-corrected chi connectivity index (χ3v) is 5.91. The highest BCUT2D eigenvalue weighted by molar-refractivity contribution is 5.88. The summed E-state index contributed by atoms with van der Waals surface area (Å²) in [5.41, 5.74) is -1.28. The molecule has 160 valence electrons. The lowest BCUT2D eigenvalue weighted by molar-refractivity contribution is -0.126. The van der Waals surface area contributed by atoms with Crippen LogP contribution in [0.2, 0.25) is 0 Å². The molecule has 3 fully saturated rings. The van der Waals surface area contributed by atoms with E-state index in [-0.39, 0.29) is 11.5 Å². The van der Waals surface area contributed by atoms with E-state index >= 15 is 0 Å². The van der Waals surface area contributed by atoms with Crippen LogP contribution < -0.4 is 10.6 Å². The summed E-state index contributed by atoms with van der Waals surface area (Å²) in [4.78, 5) is 37.0. The van der Waals surface area contributed by atoms with Gasteiger partial charge in [0.2, 0.25) is 11.8 Å². The second kappa shape index (κ2) is 7.31. The number of ether oxygens (including phenoxy) is 1. The van der Waals surface area contributed by atoms with Gasteiger partial charge in [0.15, 0.2) is 0 Å². The van der Waals surface area contributed by atoms with Gasteiger partial charge >= 0.3 is 12.2 Å². The van der Waals surface area contributed by atoms with Gasteiger partial charge in [0.05, 0.1) is 6.07 Å². The van der Waals surface area contributed by atoms with Gasteiger partial charge < -0.3 is 25.4 Å². The number of amides is 3. The molecule has 29 heavy (non-hydrogen) atoms. The SMILES string of the molecule is CC(F)(F)C[C@H](NC(=O)N1CCC2(CC1)CC2OC(=O)O)C(=O)NC1(C#N)CC1. The van der Waals surface area contributed by atoms with Crippen molar-refractivity contribution >= 4 is 18.1 Å². The molecule has 3 rings (SSSR count). The lowest BCUT2D eigenvalue weighted by atomic mass is 9.93. The van der Waals surface area contributed by atoms with E-state index in [0.717, 1.165) is 0 Å². The summed E-state index contributed by atoms with van der Waals surface area (Å²) in [6.07, 6.45) is 0.0120. The van der Waals surface area contributed by atoms with E-state index in [0.29, 0.717) is 52.1 Å². The molecule has 0 aromatic heterocycles. The molecule has 1 aliphatic heterocycles. The minimum absolute atomic E-state index is 0.256. The van der Waals surface area contributed by atoms with Crippen molar-refractivity contribution in [1.29, 1.82) is 5.26 Å². The molecule has 3 amide bonds. The van der Waals surface area contributed by atoms with Crippen molar-refractivity contribution in [2.24, 2.45) is 5.41 Å². The molecular weight excluding hydrogens is 390 g/mol. The van der Waals surface area contributed by atoms with Crippen molar-refractivity contribution < 1.29 is 33.0 Å². The predicted octanol–water partition coefficient (Wildman–Crippen LogP) is 1.83. The molecule has 2 saturated carbocycles. The molecule has 1 spiro atoms. The second-order valence-corrected chi connectivity index (χ2v) is 8.39. The Kier molecular flexibility index (Phi) is 5.32. The number of nitrogens with zero attached hydrogens (tertiary/aromatic N) is 2. The van der Waals surface area contributed by atoms with Crippen molar-refractivity contribution in [3.63, 3.8) is 0 Å². The molecule has 11 heteroatoms. The number of piperidine rings is 1. The maximum absolute atomic E-state index is 13.5. The fourth-order valence-corrected chi connectivity index (χ4v) is 3.80. The van der Waals surface area contributed by atoms with E-state index < -0.39 is 42.0 Å². The Balaban J connectivity index is 1.55. The van der Waals surface area contributed by atoms with Crippen LogP contribution >= 0.6 is 0 Å². The molecule has 2 aliphatic carbocycles. The number of nitrogens with one attached hydrogen (secondary N) is 2. The number of rotatable bonds is 6. The number of halogens is 2. The first-order chi connectivity index (χ1) is 13.5. The van der Waals surface area contributed by atoms with E-state index in [9.17, 15) is 23.2 Å². The van der Waals surface area contributed by atoms with Crippen molar-refractivity contribution in [2.75, 3.05) is 13.1 Å². The summed E-state index contributed by atoms with van der Waals surface area (Å²) in [6.45, 7) is 1.28. The van der Waals surface area contributed by atoms with Crippen molar-refractivity contribution in [1.82, 2.24) is 15.5 Å². The standard InChI is InChI=1S/C18H24F2N4O5/c1-16(19,20)8-11(13(25)23-18(10-21)2-3-18)22-14(26)24-6-4-17(5-7-24)9-12(17)29-15(27)28/h11-12H,2-9H2,1H3,(H,22,26)(H,23,25)(H,27,28)/t11-,12?/m0/s1. The first-order valence-electron chi connectivity index (χ1n) is 9.54. The van der Waals surface area contributed by atoms with Crippen LogP contribution in [0.3, 0.4) is 0 Å². The van der Waals surface area contributed by atoms with E-state index in [4.69, 9.17) is 15.1 Å². The molecule has 3 N–H and O–H groups in total. The van der Waals surface area contributed by atoms with Crippen LogP contribution in [-0.2, 0) is 9.53 Å². The summed E-state index contributed by atoms with van der Waals surface area (Å²) in [5, 5.41) is 22.6. The summed E-state index contributed by atoms with van der Waals surface area (Å²) >= 11 is 0. The van der Waals surface area contributed by atoms with Crippen LogP contribution in [0, 0.1) is 16.7 Å². The van der Waals surface area contributed by atoms with E-state index in [1.807, 2.05) is 6.07 Å². The second-order valence-electron chi connectivity index (χ2n) is 8.39. The minimum atomic E-state index is -3.18. The third kappa shape index (κ3) is 5.05. The van der Waals surface area contributed by atoms with Crippen LogP contribution in [0.1, 0.15) is 45.4 Å². The van der Waals surface area contributed by atoms with E-state index in [1.54, 1.807) is 0 Å². The molecule has 0 radical (unpaired) electrons. The molecule has 1 heterocycles. The van der Waals surface area contributed by atoms with Crippen LogP contribution in [-0.4, -0.2) is 64.8 Å². The molecule has 0 aromatic rings. The minimum Gasteiger partial charge on any atom is -0.450 e. The summed E-state index contributed by atoms with van der Waals surface area (Å²) in [6, 6.07) is -0.146. The van der Waals surface area contributed by atoms with E-state index in [2.05, 4.69) is 10.6 Å². The summed E-state index contributed by atoms with van der Waals surface area (Å²) < 4.78 is 31.9. The number of alkyl halides is 2. The molecule has 2 atom stereocenters. The van der Waals surface area contributed by atoms with Gasteiger partial charge in [-0.3, -0.25) is 4.79 Å². The number of carbonyl (C=O) groups excluding carboxylic acids is 2. The summed E-state index contributed by atoms with van der Waals surface area (Å²) in [7, 11) is 0. The van der Waals surface area contributed by atoms with Gasteiger partial charge in [-0.15, -0.1) is 0 Å². The number of hydrogen-bond acceptors (Lipinski definition) is 5. The third-order valence-electron chi connectivity index (χ3n) is 5.91. The van der Waals surface area contributed by atoms with Gasteiger partial charge in [0.1, 0.15) is 17.7 Å². The van der Waals surface area contributed by atoms with Crippen molar-refractivity contribution in [3.05, 3.63) is 0 Å². The maximum atomic E-state index is 13.5. The molecule has 0 bridgehead atoms. The van der Waals surface area contributed by atoms with Crippen LogP contribution in [0.5, 0.6) is 0 Å². The maximum Gasteiger partial charge on any atom is 0.506 e. The molecule has 0 aromatic carbocycles. The average Bonchev–Trinajstić information content (AvgIpc) is 3.52. The van der Waals surface area contributed by atoms with Gasteiger partial charge in [0, 0.05) is 24.9 Å². The first-order valence-corrected chi connectivity index (χ1v) is 9.54. The zero-order chi connectivity index (χ0) is 21.4. The highest BCUT2D eigenvalue weighted by Gasteiger charge is 2.58. The number of carboxylic acid groups (broad SMARTS) is 1. The van der Waals surface area contributed by atoms with Crippen molar-refractivity contribution in [3.8, 4) is 6.07 Å². The van der Waals surface area contributed by atoms with Gasteiger partial charge in [-0.2, -0.15) is 5.26 Å². The zero-order valence-electron chi connectivity index (χ0n) is 16.0. The lowest BCUT2D eigenvalue weighted by Gasteiger charge is -2.34. The molecular formula is C18H24F2N4O5. The normalized spacial score (nSPS) is 24.8. The van der Waals surface area contributed by atoms with Gasteiger partial charge in [-0.25, -0.2) is 18.4 Å². The van der Waals surface area contributed by atoms with E-state index in [1.165, 1.54) is 4.90 Å². The largest absolute Gasteiger partial charge is 0.506 e. The molecule has 9 nitrogen and oxygen atoms in total. The first kappa shape index (κ1) is 21.1. The zero-order valence-corrected chi connectivity index (χ0v) is 16.0. The number of nitriles is 1. The molecule has 3 aliphatic rings. The summed E-state index contributed by atoms with van der Waals surface area (Å²) in [5.74, 6) is -3.98. The Hall–Kier alpha value is -2.64. The quantitative estimate of drug-likeness (QED) is 0.568. The monoisotopic (exact) mass is 414 g/mol. The van der Waals surface area contributed by atoms with Gasteiger partial charge in [-0.05, 0) is 39.0 Å². The van der Waals surface area contributed by atoms with Crippen LogP contribution in [0.15, 0.2) is 0 Å². The number of hydrogen-bond donors (Lipinski definition) is 3. The molecule has 1 saturated heterocycles. The Bertz CT molecular complexity index is 736. The fourth-order valence-electron chi connectivity index (χ4n) is 3.80. The van der Waals surface area contributed by atoms with Gasteiger partial charge in [0.25, 0.3) is 0 Å². The van der Waals surface area contributed by atoms with Crippen LogP contribution in [0.25, 0.3) is 0 Å². The Morgan fingerprint density at radius 1 is 1.31 bits per heavy atom. The highest BCUT2D eigenvalue weighted by Crippen LogP contribution is 2.55. The Labute approximate surface area is 166 Å². The molecule has 1 unspecified atom stereocenters. The lowest BCUT2D eigenvalue weighted by Crippen LogP contribution is -2.55. The smallest absolute Gasteiger partial charge is 0.450 e. The predicted molar refractivity (Wildman–Crippen MR) is 94.0 cm³/mol. The Morgan fingerprint density at radius 2 is 1.93 bits per heavy atom. The Morgan fingerprint density at radius 3 is 2.41 bits per heavy atom. The number of urea groups is 1. The topological polar surface area (TPSA) is 132 Å². The van der Waals surface area contributed by atoms with Gasteiger partial charge in [-0.1, -0.05) is 0 Å².